The van der Waals surface area contributed by atoms with E-state index in [1.165, 1.54) is 17.7 Å². The van der Waals surface area contributed by atoms with Gasteiger partial charge in [-0.3, -0.25) is 0 Å². The number of anilines is 1. The van der Waals surface area contributed by atoms with Crippen molar-refractivity contribution in [2.75, 3.05) is 5.32 Å². The summed E-state index contributed by atoms with van der Waals surface area (Å²) in [6.45, 7) is 2.69. The van der Waals surface area contributed by atoms with Crippen molar-refractivity contribution in [3.63, 3.8) is 0 Å². The Morgan fingerprint density at radius 1 is 1.16 bits per heavy atom. The Hall–Kier alpha value is -1.06. The van der Waals surface area contributed by atoms with Gasteiger partial charge in [-0.1, -0.05) is 40.5 Å². The molecule has 2 aromatic rings. The molecule has 100 valence electrons. The zero-order valence-electron chi connectivity index (χ0n) is 10.5. The molecule has 0 atom stereocenters. The summed E-state index contributed by atoms with van der Waals surface area (Å²) in [6, 6.07) is 10.6. The zero-order chi connectivity index (χ0) is 13.8. The van der Waals surface area contributed by atoms with Gasteiger partial charge in [-0.15, -0.1) is 0 Å². The molecule has 1 N–H and O–H groups in total. The quantitative estimate of drug-likeness (QED) is 0.782. The van der Waals surface area contributed by atoms with Crippen LogP contribution >= 0.6 is 27.5 Å². The molecule has 19 heavy (non-hydrogen) atoms. The van der Waals surface area contributed by atoms with Crippen molar-refractivity contribution in [2.45, 2.75) is 19.9 Å². The van der Waals surface area contributed by atoms with E-state index in [1.54, 1.807) is 6.07 Å². The van der Waals surface area contributed by atoms with Crippen LogP contribution in [0.3, 0.4) is 0 Å². The van der Waals surface area contributed by atoms with Gasteiger partial charge in [-0.25, -0.2) is 4.39 Å². The summed E-state index contributed by atoms with van der Waals surface area (Å²) in [5.41, 5.74) is 3.19. The van der Waals surface area contributed by atoms with E-state index < -0.39 is 0 Å². The Morgan fingerprint density at radius 3 is 2.63 bits per heavy atom. The first-order valence-corrected chi connectivity index (χ1v) is 7.23. The Balaban J connectivity index is 2.14. The van der Waals surface area contributed by atoms with Crippen LogP contribution in [0.25, 0.3) is 0 Å². The van der Waals surface area contributed by atoms with E-state index in [0.717, 1.165) is 22.1 Å². The molecule has 0 aliphatic heterocycles. The minimum atomic E-state index is -0.313. The lowest BCUT2D eigenvalue weighted by Gasteiger charge is -2.12. The van der Waals surface area contributed by atoms with E-state index in [2.05, 4.69) is 34.2 Å². The van der Waals surface area contributed by atoms with E-state index >= 15 is 0 Å². The number of halogens is 3. The number of rotatable bonds is 4. The van der Waals surface area contributed by atoms with Gasteiger partial charge in [0.25, 0.3) is 0 Å². The molecule has 0 aliphatic carbocycles. The highest BCUT2D eigenvalue weighted by Crippen LogP contribution is 2.23. The molecule has 1 nitrogen and oxygen atoms in total. The predicted octanol–water partition coefficient (Wildman–Crippen LogP) is 5.42. The van der Waals surface area contributed by atoms with Gasteiger partial charge >= 0.3 is 0 Å². The van der Waals surface area contributed by atoms with Crippen LogP contribution in [0.4, 0.5) is 10.1 Å². The van der Waals surface area contributed by atoms with Gasteiger partial charge in [0.15, 0.2) is 0 Å². The van der Waals surface area contributed by atoms with Crippen LogP contribution in [0.5, 0.6) is 0 Å². The minimum Gasteiger partial charge on any atom is -0.381 e. The molecule has 0 heterocycles. The van der Waals surface area contributed by atoms with Crippen molar-refractivity contribution in [1.29, 1.82) is 0 Å². The molecule has 0 aliphatic rings. The van der Waals surface area contributed by atoms with E-state index in [4.69, 9.17) is 11.6 Å². The summed E-state index contributed by atoms with van der Waals surface area (Å²) in [5, 5.41) is 3.79. The van der Waals surface area contributed by atoms with E-state index in [1.807, 2.05) is 12.1 Å². The highest BCUT2D eigenvalue weighted by molar-refractivity contribution is 9.10. The van der Waals surface area contributed by atoms with Crippen LogP contribution in [0, 0.1) is 5.82 Å². The van der Waals surface area contributed by atoms with Gasteiger partial charge in [-0.05, 0) is 47.9 Å². The molecule has 0 fully saturated rings. The molecule has 2 aromatic carbocycles. The van der Waals surface area contributed by atoms with Crippen molar-refractivity contribution in [3.05, 3.63) is 62.8 Å². The molecule has 0 radical (unpaired) electrons. The second kappa shape index (κ2) is 6.40. The van der Waals surface area contributed by atoms with Crippen molar-refractivity contribution < 1.29 is 4.39 Å². The van der Waals surface area contributed by atoms with Crippen molar-refractivity contribution >= 4 is 33.2 Å². The maximum absolute atomic E-state index is 13.0. The zero-order valence-corrected chi connectivity index (χ0v) is 12.9. The van der Waals surface area contributed by atoms with E-state index in [9.17, 15) is 4.39 Å². The minimum absolute atomic E-state index is 0.313. The van der Waals surface area contributed by atoms with E-state index in [-0.39, 0.29) is 5.82 Å². The van der Waals surface area contributed by atoms with Crippen LogP contribution in [-0.4, -0.2) is 0 Å². The number of nitrogens with one attached hydrogen (secondary N) is 1. The molecular weight excluding hydrogens is 329 g/mol. The van der Waals surface area contributed by atoms with Gasteiger partial charge in [0.2, 0.25) is 0 Å². The maximum atomic E-state index is 13.0. The number of aryl methyl sites for hydroxylation is 1. The summed E-state index contributed by atoms with van der Waals surface area (Å²) in [5.74, 6) is -0.313. The van der Waals surface area contributed by atoms with Crippen molar-refractivity contribution in [3.8, 4) is 0 Å². The first-order chi connectivity index (χ1) is 9.10. The third kappa shape index (κ3) is 3.71. The Labute approximate surface area is 125 Å². The molecule has 0 amide bonds. The largest absolute Gasteiger partial charge is 0.381 e. The van der Waals surface area contributed by atoms with Gasteiger partial charge in [0, 0.05) is 21.7 Å². The molecule has 0 spiro atoms. The second-order valence-electron chi connectivity index (χ2n) is 4.24. The SMILES string of the molecule is CCc1cc(Br)ccc1NCc1ccc(F)cc1Cl. The summed E-state index contributed by atoms with van der Waals surface area (Å²) in [4.78, 5) is 0. The summed E-state index contributed by atoms with van der Waals surface area (Å²) < 4.78 is 14.0. The van der Waals surface area contributed by atoms with Crippen LogP contribution in [0.15, 0.2) is 40.9 Å². The third-order valence-corrected chi connectivity index (χ3v) is 3.78. The van der Waals surface area contributed by atoms with Gasteiger partial charge in [-0.2, -0.15) is 0 Å². The molecule has 0 bridgehead atoms. The summed E-state index contributed by atoms with van der Waals surface area (Å²) in [6.07, 6.45) is 0.943. The number of hydrogen-bond donors (Lipinski definition) is 1. The average Bonchev–Trinajstić information content (AvgIpc) is 2.39. The van der Waals surface area contributed by atoms with Crippen LogP contribution in [0.2, 0.25) is 5.02 Å². The van der Waals surface area contributed by atoms with Crippen LogP contribution < -0.4 is 5.32 Å². The van der Waals surface area contributed by atoms with E-state index in [0.29, 0.717) is 11.6 Å². The van der Waals surface area contributed by atoms with Gasteiger partial charge in [0.05, 0.1) is 0 Å². The smallest absolute Gasteiger partial charge is 0.124 e. The maximum Gasteiger partial charge on any atom is 0.124 e. The Bertz CT molecular complexity index is 586. The standard InChI is InChI=1S/C15H14BrClFN/c1-2-10-7-12(16)4-6-15(10)19-9-11-3-5-13(18)8-14(11)17/h3-8,19H,2,9H2,1H3. The summed E-state index contributed by atoms with van der Waals surface area (Å²) in [7, 11) is 0. The molecule has 0 unspecified atom stereocenters. The third-order valence-electron chi connectivity index (χ3n) is 2.93. The molecule has 0 aromatic heterocycles. The Kier molecular flexibility index (Phi) is 4.83. The van der Waals surface area contributed by atoms with Gasteiger partial charge in [0.1, 0.15) is 5.82 Å². The molecule has 4 heteroatoms. The van der Waals surface area contributed by atoms with Crippen LogP contribution in [0.1, 0.15) is 18.1 Å². The topological polar surface area (TPSA) is 12.0 Å². The number of hydrogen-bond acceptors (Lipinski definition) is 1. The van der Waals surface area contributed by atoms with Gasteiger partial charge < -0.3 is 5.32 Å². The fraction of sp³-hybridized carbons (Fsp3) is 0.200. The monoisotopic (exact) mass is 341 g/mol. The average molecular weight is 343 g/mol. The van der Waals surface area contributed by atoms with Crippen LogP contribution in [-0.2, 0) is 13.0 Å². The lowest BCUT2D eigenvalue weighted by atomic mass is 10.1. The summed E-state index contributed by atoms with van der Waals surface area (Å²) >= 11 is 9.47. The fourth-order valence-corrected chi connectivity index (χ4v) is 2.53. The molecule has 2 rings (SSSR count). The normalized spacial score (nSPS) is 10.5. The molecule has 0 saturated carbocycles. The first-order valence-electron chi connectivity index (χ1n) is 6.06. The number of benzene rings is 2. The molecule has 0 saturated heterocycles. The lowest BCUT2D eigenvalue weighted by molar-refractivity contribution is 0.627. The first kappa shape index (κ1) is 14.4. The Morgan fingerprint density at radius 2 is 1.95 bits per heavy atom. The highest BCUT2D eigenvalue weighted by atomic mass is 79.9. The highest BCUT2D eigenvalue weighted by Gasteiger charge is 2.04. The lowest BCUT2D eigenvalue weighted by Crippen LogP contribution is -2.03. The van der Waals surface area contributed by atoms with Crippen molar-refractivity contribution in [1.82, 2.24) is 0 Å². The van der Waals surface area contributed by atoms with Crippen molar-refractivity contribution in [2.24, 2.45) is 0 Å². The second-order valence-corrected chi connectivity index (χ2v) is 5.57. The fourth-order valence-electron chi connectivity index (χ4n) is 1.88. The molecular formula is C15H14BrClFN. The predicted molar refractivity (Wildman–Crippen MR) is 82.3 cm³/mol.